The zero-order valence-electron chi connectivity index (χ0n) is 11.5. The molecule has 2 aromatic rings. The summed E-state index contributed by atoms with van der Waals surface area (Å²) in [7, 11) is 1.92. The largest absolute Gasteiger partial charge is 0.308 e. The summed E-state index contributed by atoms with van der Waals surface area (Å²) in [4.78, 5) is 0. The van der Waals surface area contributed by atoms with Crippen LogP contribution in [-0.4, -0.2) is 16.8 Å². The smallest absolute Gasteiger partial charge is 0.0772 e. The number of halogens is 3. The van der Waals surface area contributed by atoms with E-state index in [1.807, 2.05) is 36.1 Å². The summed E-state index contributed by atoms with van der Waals surface area (Å²) in [6, 6.07) is 6.12. The molecule has 1 unspecified atom stereocenters. The Balaban J connectivity index is 2.58. The van der Waals surface area contributed by atoms with Gasteiger partial charge in [-0.05, 0) is 60.6 Å². The van der Waals surface area contributed by atoms with E-state index in [-0.39, 0.29) is 12.1 Å². The summed E-state index contributed by atoms with van der Waals surface area (Å²) in [6.07, 6.45) is 1.82. The second-order valence-electron chi connectivity index (χ2n) is 4.80. The first-order chi connectivity index (χ1) is 9.45. The minimum atomic E-state index is -0.0284. The Hall–Kier alpha value is -0.360. The predicted molar refractivity (Wildman–Crippen MR) is 90.4 cm³/mol. The van der Waals surface area contributed by atoms with Crippen LogP contribution in [0.1, 0.15) is 37.2 Å². The van der Waals surface area contributed by atoms with Crippen LogP contribution >= 0.6 is 43.5 Å². The van der Waals surface area contributed by atoms with Gasteiger partial charge in [-0.3, -0.25) is 4.68 Å². The van der Waals surface area contributed by atoms with Gasteiger partial charge in [-0.25, -0.2) is 0 Å². The van der Waals surface area contributed by atoms with E-state index in [4.69, 9.17) is 11.6 Å². The van der Waals surface area contributed by atoms with Gasteiger partial charge in [-0.2, -0.15) is 5.10 Å². The van der Waals surface area contributed by atoms with Crippen LogP contribution in [0.2, 0.25) is 5.02 Å². The maximum absolute atomic E-state index is 6.37. The first-order valence-electron chi connectivity index (χ1n) is 6.30. The molecule has 6 heteroatoms. The summed E-state index contributed by atoms with van der Waals surface area (Å²) < 4.78 is 3.98. The lowest BCUT2D eigenvalue weighted by Gasteiger charge is -2.22. The molecular weight excluding hydrogens is 405 g/mol. The molecule has 0 amide bonds. The molecule has 20 heavy (non-hydrogen) atoms. The zero-order chi connectivity index (χ0) is 14.9. The minimum Gasteiger partial charge on any atom is -0.308 e. The Morgan fingerprint density at radius 3 is 2.60 bits per heavy atom. The molecule has 0 aliphatic carbocycles. The molecule has 1 heterocycles. The highest BCUT2D eigenvalue weighted by Crippen LogP contribution is 2.34. The van der Waals surface area contributed by atoms with Crippen molar-refractivity contribution in [3.8, 4) is 0 Å². The number of rotatable bonds is 4. The molecule has 0 spiro atoms. The third-order valence-electron chi connectivity index (χ3n) is 3.11. The molecule has 0 aliphatic rings. The van der Waals surface area contributed by atoms with Gasteiger partial charge in [0, 0.05) is 15.5 Å². The monoisotopic (exact) mass is 419 g/mol. The topological polar surface area (TPSA) is 29.9 Å². The van der Waals surface area contributed by atoms with Crippen LogP contribution in [0.4, 0.5) is 0 Å². The van der Waals surface area contributed by atoms with Crippen LogP contribution in [0.5, 0.6) is 0 Å². The van der Waals surface area contributed by atoms with Crippen molar-refractivity contribution in [3.05, 3.63) is 49.6 Å². The Labute approximate surface area is 141 Å². The van der Waals surface area contributed by atoms with Crippen molar-refractivity contribution in [1.82, 2.24) is 15.1 Å². The molecule has 1 aromatic carbocycles. The highest BCUT2D eigenvalue weighted by atomic mass is 79.9. The number of benzene rings is 1. The Kier molecular flexibility index (Phi) is 5.29. The molecule has 1 N–H and O–H groups in total. The summed E-state index contributed by atoms with van der Waals surface area (Å²) in [5, 5.41) is 8.50. The Morgan fingerprint density at radius 2 is 2.00 bits per heavy atom. The number of hydrogen-bond donors (Lipinski definition) is 1. The highest BCUT2D eigenvalue weighted by Gasteiger charge is 2.23. The average Bonchev–Trinajstić information content (AvgIpc) is 2.77. The fourth-order valence-corrected chi connectivity index (χ4v) is 3.32. The van der Waals surface area contributed by atoms with Crippen LogP contribution in [0.3, 0.4) is 0 Å². The molecule has 1 aromatic heterocycles. The molecule has 108 valence electrons. The van der Waals surface area contributed by atoms with Gasteiger partial charge < -0.3 is 5.32 Å². The molecule has 0 radical (unpaired) electrons. The van der Waals surface area contributed by atoms with Crippen molar-refractivity contribution in [2.75, 3.05) is 7.05 Å². The van der Waals surface area contributed by atoms with Crippen LogP contribution in [-0.2, 0) is 0 Å². The molecule has 1 atom stereocenters. The Morgan fingerprint density at radius 1 is 1.30 bits per heavy atom. The normalized spacial score (nSPS) is 12.9. The number of hydrogen-bond acceptors (Lipinski definition) is 2. The highest BCUT2D eigenvalue weighted by molar-refractivity contribution is 9.10. The number of nitrogens with zero attached hydrogens (tertiary/aromatic N) is 2. The van der Waals surface area contributed by atoms with Gasteiger partial charge in [0.25, 0.3) is 0 Å². The van der Waals surface area contributed by atoms with E-state index in [2.05, 4.69) is 56.1 Å². The van der Waals surface area contributed by atoms with E-state index < -0.39 is 0 Å². The second kappa shape index (κ2) is 6.60. The molecule has 2 rings (SSSR count). The lowest BCUT2D eigenvalue weighted by Crippen LogP contribution is -2.23. The number of aromatic nitrogens is 2. The zero-order valence-corrected chi connectivity index (χ0v) is 15.4. The standard InChI is InChI=1S/C14H16Br2ClN3/c1-8(2)20-14(11(16)7-19-20)13(18-3)10-6-9(15)4-5-12(10)17/h4-8,13,18H,1-3H3. The van der Waals surface area contributed by atoms with Crippen LogP contribution < -0.4 is 5.32 Å². The first-order valence-corrected chi connectivity index (χ1v) is 8.27. The molecular formula is C14H16Br2ClN3. The maximum atomic E-state index is 6.37. The fourth-order valence-electron chi connectivity index (χ4n) is 2.21. The van der Waals surface area contributed by atoms with Crippen molar-refractivity contribution in [2.45, 2.75) is 25.9 Å². The van der Waals surface area contributed by atoms with E-state index in [1.54, 1.807) is 0 Å². The van der Waals surface area contributed by atoms with Crippen LogP contribution in [0.15, 0.2) is 33.3 Å². The average molecular weight is 422 g/mol. The Bertz CT molecular complexity index is 610. The lowest BCUT2D eigenvalue weighted by molar-refractivity contribution is 0.483. The molecule has 0 saturated heterocycles. The van der Waals surface area contributed by atoms with Crippen molar-refractivity contribution < 1.29 is 0 Å². The van der Waals surface area contributed by atoms with E-state index in [9.17, 15) is 0 Å². The van der Waals surface area contributed by atoms with Crippen LogP contribution in [0.25, 0.3) is 0 Å². The molecule has 3 nitrogen and oxygen atoms in total. The van der Waals surface area contributed by atoms with Crippen molar-refractivity contribution in [1.29, 1.82) is 0 Å². The van der Waals surface area contributed by atoms with E-state index in [0.717, 1.165) is 25.2 Å². The maximum Gasteiger partial charge on any atom is 0.0772 e. The molecule has 0 saturated carbocycles. The van der Waals surface area contributed by atoms with Gasteiger partial charge in [0.15, 0.2) is 0 Å². The third-order valence-corrected chi connectivity index (χ3v) is 4.56. The van der Waals surface area contributed by atoms with Gasteiger partial charge in [0.2, 0.25) is 0 Å². The van der Waals surface area contributed by atoms with Crippen molar-refractivity contribution in [2.24, 2.45) is 0 Å². The molecule has 0 bridgehead atoms. The molecule has 0 aliphatic heterocycles. The SMILES string of the molecule is CNC(c1cc(Br)ccc1Cl)c1c(Br)cnn1C(C)C. The predicted octanol–water partition coefficient (Wildman–Crippen LogP) is 4.95. The first kappa shape index (κ1) is 16.0. The summed E-state index contributed by atoms with van der Waals surface area (Å²) in [5.74, 6) is 0. The summed E-state index contributed by atoms with van der Waals surface area (Å²) >= 11 is 13.5. The quantitative estimate of drug-likeness (QED) is 0.757. The number of nitrogens with one attached hydrogen (secondary N) is 1. The third kappa shape index (κ3) is 3.11. The van der Waals surface area contributed by atoms with E-state index >= 15 is 0 Å². The summed E-state index contributed by atoms with van der Waals surface area (Å²) in [6.45, 7) is 4.22. The lowest BCUT2D eigenvalue weighted by atomic mass is 10.0. The molecule has 0 fully saturated rings. The van der Waals surface area contributed by atoms with Gasteiger partial charge in [0.05, 0.1) is 22.4 Å². The summed E-state index contributed by atoms with van der Waals surface area (Å²) in [5.41, 5.74) is 2.09. The van der Waals surface area contributed by atoms with Crippen molar-refractivity contribution in [3.63, 3.8) is 0 Å². The fraction of sp³-hybridized carbons (Fsp3) is 0.357. The van der Waals surface area contributed by atoms with Gasteiger partial charge >= 0.3 is 0 Å². The van der Waals surface area contributed by atoms with Gasteiger partial charge in [-0.1, -0.05) is 27.5 Å². The van der Waals surface area contributed by atoms with Gasteiger partial charge in [0.1, 0.15) is 0 Å². The van der Waals surface area contributed by atoms with Crippen LogP contribution in [0, 0.1) is 0 Å². The van der Waals surface area contributed by atoms with E-state index in [1.165, 1.54) is 0 Å². The van der Waals surface area contributed by atoms with Crippen molar-refractivity contribution >= 4 is 43.5 Å². The minimum absolute atomic E-state index is 0.0284. The van der Waals surface area contributed by atoms with E-state index in [0.29, 0.717) is 0 Å². The van der Waals surface area contributed by atoms with Gasteiger partial charge in [-0.15, -0.1) is 0 Å². The second-order valence-corrected chi connectivity index (χ2v) is 6.98.